The average Bonchev–Trinajstić information content (AvgIpc) is 2.44. The summed E-state index contributed by atoms with van der Waals surface area (Å²) in [5.74, 6) is 0. The Balaban J connectivity index is 2.48. The maximum absolute atomic E-state index is 4.38. The lowest BCUT2D eigenvalue weighted by Gasteiger charge is -2.02. The minimum Gasteiger partial charge on any atom is -0.322 e. The van der Waals surface area contributed by atoms with Crippen molar-refractivity contribution >= 4 is 27.2 Å². The van der Waals surface area contributed by atoms with E-state index in [0.29, 0.717) is 0 Å². The Morgan fingerprint density at radius 1 is 1.38 bits per heavy atom. The maximum atomic E-state index is 4.38. The number of hydrogen-bond acceptors (Lipinski definition) is 4. The summed E-state index contributed by atoms with van der Waals surface area (Å²) >= 11 is 1.71. The molecule has 0 unspecified atom stereocenters. The molecule has 0 fully saturated rings. The smallest absolute Gasteiger partial charge is 0.0907 e. The van der Waals surface area contributed by atoms with Crippen molar-refractivity contribution in [2.45, 2.75) is 6.92 Å². The highest BCUT2D eigenvalue weighted by molar-refractivity contribution is 7.18. The summed E-state index contributed by atoms with van der Waals surface area (Å²) in [4.78, 5) is 4.38. The summed E-state index contributed by atoms with van der Waals surface area (Å²) in [5, 5.41) is 1.11. The number of aryl methyl sites for hydroxylation is 1. The molecule has 0 aliphatic heterocycles. The molecule has 0 saturated heterocycles. The van der Waals surface area contributed by atoms with Gasteiger partial charge >= 0.3 is 0 Å². The number of fused-ring (bicyclic) bond motifs is 1. The third kappa shape index (κ3) is 1.64. The molecule has 0 aliphatic rings. The van der Waals surface area contributed by atoms with Crippen LogP contribution in [-0.4, -0.2) is 12.0 Å². The number of nitrogens with one attached hydrogen (secondary N) is 2. The van der Waals surface area contributed by atoms with Crippen LogP contribution in [0.2, 0.25) is 0 Å². The van der Waals surface area contributed by atoms with Crippen molar-refractivity contribution in [3.8, 4) is 0 Å². The van der Waals surface area contributed by atoms with Gasteiger partial charge in [0.2, 0.25) is 0 Å². The van der Waals surface area contributed by atoms with Gasteiger partial charge in [0.25, 0.3) is 0 Å². The van der Waals surface area contributed by atoms with Crippen molar-refractivity contribution in [3.63, 3.8) is 0 Å². The predicted molar refractivity (Wildman–Crippen MR) is 57.0 cm³/mol. The summed E-state index contributed by atoms with van der Waals surface area (Å²) < 4.78 is 1.22. The minimum atomic E-state index is 1.07. The minimum absolute atomic E-state index is 1.07. The Morgan fingerprint density at radius 2 is 2.23 bits per heavy atom. The Labute approximate surface area is 80.8 Å². The molecule has 0 spiro atoms. The van der Waals surface area contributed by atoms with E-state index in [9.17, 15) is 0 Å². The number of benzene rings is 1. The average molecular weight is 193 g/mol. The van der Waals surface area contributed by atoms with E-state index >= 15 is 0 Å². The molecule has 1 heterocycles. The third-order valence-corrected chi connectivity index (χ3v) is 2.70. The van der Waals surface area contributed by atoms with E-state index in [1.165, 1.54) is 4.70 Å². The molecule has 1 aromatic heterocycles. The lowest BCUT2D eigenvalue weighted by molar-refractivity contribution is 0.985. The second kappa shape index (κ2) is 3.32. The van der Waals surface area contributed by atoms with Crippen LogP contribution in [0.25, 0.3) is 10.2 Å². The van der Waals surface area contributed by atoms with Crippen LogP contribution in [0.1, 0.15) is 5.01 Å². The Morgan fingerprint density at radius 3 is 3.00 bits per heavy atom. The monoisotopic (exact) mass is 193 g/mol. The quantitative estimate of drug-likeness (QED) is 0.718. The fraction of sp³-hybridized carbons (Fsp3) is 0.222. The van der Waals surface area contributed by atoms with Gasteiger partial charge in [-0.25, -0.2) is 10.4 Å². The molecule has 4 heteroatoms. The van der Waals surface area contributed by atoms with Crippen LogP contribution in [-0.2, 0) is 0 Å². The van der Waals surface area contributed by atoms with Gasteiger partial charge < -0.3 is 5.43 Å². The van der Waals surface area contributed by atoms with Gasteiger partial charge in [0.15, 0.2) is 0 Å². The number of thiazole rings is 1. The maximum Gasteiger partial charge on any atom is 0.0907 e. The van der Waals surface area contributed by atoms with Gasteiger partial charge in [-0.05, 0) is 25.1 Å². The number of rotatable bonds is 2. The highest BCUT2D eigenvalue weighted by atomic mass is 32.1. The van der Waals surface area contributed by atoms with E-state index < -0.39 is 0 Å². The van der Waals surface area contributed by atoms with Crippen LogP contribution in [0.3, 0.4) is 0 Å². The first kappa shape index (κ1) is 8.47. The largest absolute Gasteiger partial charge is 0.322 e. The number of nitrogens with zero attached hydrogens (tertiary/aromatic N) is 1. The van der Waals surface area contributed by atoms with E-state index in [1.807, 2.05) is 26.1 Å². The molecule has 2 aromatic rings. The summed E-state index contributed by atoms with van der Waals surface area (Å²) in [7, 11) is 1.85. The first-order valence-electron chi connectivity index (χ1n) is 4.09. The highest BCUT2D eigenvalue weighted by Crippen LogP contribution is 2.24. The van der Waals surface area contributed by atoms with Gasteiger partial charge in [-0.1, -0.05) is 0 Å². The Bertz CT molecular complexity index is 422. The zero-order valence-electron chi connectivity index (χ0n) is 7.59. The van der Waals surface area contributed by atoms with Gasteiger partial charge in [-0.15, -0.1) is 11.3 Å². The van der Waals surface area contributed by atoms with Crippen molar-refractivity contribution in [2.75, 3.05) is 12.5 Å². The predicted octanol–water partition coefficient (Wildman–Crippen LogP) is 2.15. The number of hydrogen-bond donors (Lipinski definition) is 2. The van der Waals surface area contributed by atoms with Crippen LogP contribution in [0.4, 0.5) is 5.69 Å². The first-order valence-corrected chi connectivity index (χ1v) is 4.91. The Hall–Kier alpha value is -1.13. The summed E-state index contributed by atoms with van der Waals surface area (Å²) in [6, 6.07) is 6.13. The lowest BCUT2D eigenvalue weighted by Crippen LogP contribution is -2.14. The molecule has 2 rings (SSSR count). The van der Waals surface area contributed by atoms with Crippen molar-refractivity contribution in [2.24, 2.45) is 0 Å². The number of hydrazine groups is 1. The molecule has 1 aromatic carbocycles. The zero-order valence-corrected chi connectivity index (χ0v) is 8.40. The molecule has 0 radical (unpaired) electrons. The fourth-order valence-electron chi connectivity index (χ4n) is 1.26. The molecule has 0 bridgehead atoms. The zero-order chi connectivity index (χ0) is 9.26. The van der Waals surface area contributed by atoms with Gasteiger partial charge in [0.1, 0.15) is 0 Å². The molecular weight excluding hydrogens is 182 g/mol. The van der Waals surface area contributed by atoms with E-state index in [0.717, 1.165) is 16.2 Å². The molecular formula is C9H11N3S. The van der Waals surface area contributed by atoms with Crippen molar-refractivity contribution < 1.29 is 0 Å². The molecule has 13 heavy (non-hydrogen) atoms. The van der Waals surface area contributed by atoms with Gasteiger partial charge in [-0.2, -0.15) is 0 Å². The standard InChI is InChI=1S/C9H11N3S/c1-6-11-8-4-3-7(12-10-2)5-9(8)13-6/h3-5,10,12H,1-2H3. The van der Waals surface area contributed by atoms with Gasteiger partial charge in [0, 0.05) is 7.05 Å². The van der Waals surface area contributed by atoms with Crippen LogP contribution < -0.4 is 10.9 Å². The van der Waals surface area contributed by atoms with Crippen molar-refractivity contribution in [1.29, 1.82) is 0 Å². The molecule has 3 nitrogen and oxygen atoms in total. The van der Waals surface area contributed by atoms with E-state index in [2.05, 4.69) is 21.9 Å². The van der Waals surface area contributed by atoms with Crippen molar-refractivity contribution in [3.05, 3.63) is 23.2 Å². The van der Waals surface area contributed by atoms with Crippen LogP contribution in [0.15, 0.2) is 18.2 Å². The lowest BCUT2D eigenvalue weighted by atomic mass is 10.3. The molecule has 0 amide bonds. The molecule has 2 N–H and O–H groups in total. The van der Waals surface area contributed by atoms with Crippen LogP contribution in [0, 0.1) is 6.92 Å². The van der Waals surface area contributed by atoms with E-state index in [-0.39, 0.29) is 0 Å². The third-order valence-electron chi connectivity index (χ3n) is 1.76. The van der Waals surface area contributed by atoms with Crippen LogP contribution >= 0.6 is 11.3 Å². The number of aromatic nitrogens is 1. The topological polar surface area (TPSA) is 37.0 Å². The number of anilines is 1. The van der Waals surface area contributed by atoms with E-state index in [1.54, 1.807) is 11.3 Å². The molecule has 0 saturated carbocycles. The molecule has 0 aliphatic carbocycles. The summed E-state index contributed by atoms with van der Waals surface area (Å²) in [6.07, 6.45) is 0. The summed E-state index contributed by atoms with van der Waals surface area (Å²) in [6.45, 7) is 2.02. The molecule has 0 atom stereocenters. The summed E-state index contributed by atoms with van der Waals surface area (Å²) in [5.41, 5.74) is 8.07. The normalized spacial score (nSPS) is 10.6. The van der Waals surface area contributed by atoms with Gasteiger partial charge in [0.05, 0.1) is 20.9 Å². The van der Waals surface area contributed by atoms with E-state index in [4.69, 9.17) is 0 Å². The van der Waals surface area contributed by atoms with Crippen LogP contribution in [0.5, 0.6) is 0 Å². The second-order valence-electron chi connectivity index (χ2n) is 2.79. The second-order valence-corrected chi connectivity index (χ2v) is 4.03. The first-order chi connectivity index (χ1) is 6.29. The highest BCUT2D eigenvalue weighted by Gasteiger charge is 2.00. The van der Waals surface area contributed by atoms with Crippen molar-refractivity contribution in [1.82, 2.24) is 10.4 Å². The van der Waals surface area contributed by atoms with Gasteiger partial charge in [-0.3, -0.25) is 0 Å². The Kier molecular flexibility index (Phi) is 2.16. The fourth-order valence-corrected chi connectivity index (χ4v) is 2.13. The molecule has 68 valence electrons. The SMILES string of the molecule is CNNc1ccc2nc(C)sc2c1.